The number of nitrogens with two attached hydrogens (primary N) is 1. The molecule has 1 atom stereocenters. The largest absolute Gasteiger partial charge is 0.399 e. The Morgan fingerprint density at radius 1 is 1.40 bits per heavy atom. The number of amides is 2. The Bertz CT molecular complexity index is 443. The maximum Gasteiger partial charge on any atom is 0.319 e. The number of rotatable bonds is 5. The molecule has 0 saturated carbocycles. The van der Waals surface area contributed by atoms with Crippen molar-refractivity contribution in [1.29, 1.82) is 0 Å². The van der Waals surface area contributed by atoms with Crippen LogP contribution in [0.3, 0.4) is 0 Å². The second-order valence-corrected chi connectivity index (χ2v) is 5.57. The number of benzene rings is 1. The summed E-state index contributed by atoms with van der Waals surface area (Å²) in [5.41, 5.74) is 7.03. The lowest BCUT2D eigenvalue weighted by atomic mass is 10.1. The van der Waals surface area contributed by atoms with Gasteiger partial charge in [0.25, 0.3) is 0 Å². The van der Waals surface area contributed by atoms with Gasteiger partial charge >= 0.3 is 6.03 Å². The van der Waals surface area contributed by atoms with Gasteiger partial charge in [-0.25, -0.2) is 4.79 Å². The Morgan fingerprint density at radius 3 is 2.85 bits per heavy atom. The van der Waals surface area contributed by atoms with E-state index in [0.717, 1.165) is 12.2 Å². The summed E-state index contributed by atoms with van der Waals surface area (Å²) in [7, 11) is 0. The van der Waals surface area contributed by atoms with Crippen molar-refractivity contribution in [2.45, 2.75) is 19.8 Å². The third-order valence-corrected chi connectivity index (χ3v) is 3.52. The van der Waals surface area contributed by atoms with Crippen LogP contribution in [0.4, 0.5) is 16.2 Å². The SMILES string of the molecule is CC(CNC(=O)Nc1cccc(N)c1)CN1CCCC1. The molecule has 1 aliphatic rings. The van der Waals surface area contributed by atoms with Crippen molar-refractivity contribution in [2.24, 2.45) is 5.92 Å². The van der Waals surface area contributed by atoms with E-state index in [2.05, 4.69) is 22.5 Å². The van der Waals surface area contributed by atoms with Crippen molar-refractivity contribution in [1.82, 2.24) is 10.2 Å². The summed E-state index contributed by atoms with van der Waals surface area (Å²) in [4.78, 5) is 14.2. The van der Waals surface area contributed by atoms with E-state index in [4.69, 9.17) is 5.73 Å². The molecule has 1 saturated heterocycles. The molecule has 0 bridgehead atoms. The summed E-state index contributed by atoms with van der Waals surface area (Å²) in [6, 6.07) is 7.00. The summed E-state index contributed by atoms with van der Waals surface area (Å²) in [5.74, 6) is 0.458. The van der Waals surface area contributed by atoms with Gasteiger partial charge in [0.2, 0.25) is 0 Å². The molecule has 2 rings (SSSR count). The Balaban J connectivity index is 1.69. The lowest BCUT2D eigenvalue weighted by molar-refractivity contribution is 0.245. The van der Waals surface area contributed by atoms with Crippen LogP contribution < -0.4 is 16.4 Å². The van der Waals surface area contributed by atoms with E-state index in [1.807, 2.05) is 12.1 Å². The van der Waals surface area contributed by atoms with Crippen molar-refractivity contribution in [3.8, 4) is 0 Å². The van der Waals surface area contributed by atoms with Crippen LogP contribution in [0.5, 0.6) is 0 Å². The molecule has 1 aromatic carbocycles. The third kappa shape index (κ3) is 4.74. The molecule has 20 heavy (non-hydrogen) atoms. The molecular formula is C15H24N4O. The van der Waals surface area contributed by atoms with Crippen LogP contribution in [0.1, 0.15) is 19.8 Å². The second-order valence-electron chi connectivity index (χ2n) is 5.57. The number of nitrogens with zero attached hydrogens (tertiary/aromatic N) is 1. The average Bonchev–Trinajstić information content (AvgIpc) is 2.89. The van der Waals surface area contributed by atoms with Gasteiger partial charge in [0.15, 0.2) is 0 Å². The molecule has 5 nitrogen and oxygen atoms in total. The first kappa shape index (κ1) is 14.7. The monoisotopic (exact) mass is 276 g/mol. The molecular weight excluding hydrogens is 252 g/mol. The van der Waals surface area contributed by atoms with Crippen LogP contribution in [0.2, 0.25) is 0 Å². The Hall–Kier alpha value is -1.75. The highest BCUT2D eigenvalue weighted by atomic mass is 16.2. The van der Waals surface area contributed by atoms with Crippen molar-refractivity contribution in [3.63, 3.8) is 0 Å². The first-order chi connectivity index (χ1) is 9.63. The Kier molecular flexibility index (Phi) is 5.24. The van der Waals surface area contributed by atoms with Gasteiger partial charge in [0.1, 0.15) is 0 Å². The third-order valence-electron chi connectivity index (χ3n) is 3.52. The predicted molar refractivity (Wildman–Crippen MR) is 82.7 cm³/mol. The minimum Gasteiger partial charge on any atom is -0.399 e. The number of nitrogen functional groups attached to an aromatic ring is 1. The topological polar surface area (TPSA) is 70.4 Å². The van der Waals surface area contributed by atoms with Gasteiger partial charge in [-0.15, -0.1) is 0 Å². The normalized spacial score (nSPS) is 16.9. The molecule has 5 heteroatoms. The van der Waals surface area contributed by atoms with E-state index in [1.165, 1.54) is 25.9 Å². The number of likely N-dealkylation sites (tertiary alicyclic amines) is 1. The van der Waals surface area contributed by atoms with Crippen molar-refractivity contribution in [3.05, 3.63) is 24.3 Å². The molecule has 0 aromatic heterocycles. The zero-order chi connectivity index (χ0) is 14.4. The number of hydrogen-bond acceptors (Lipinski definition) is 3. The minimum atomic E-state index is -0.177. The van der Waals surface area contributed by atoms with Gasteiger partial charge in [-0.05, 0) is 50.0 Å². The lowest BCUT2D eigenvalue weighted by Crippen LogP contribution is -2.36. The van der Waals surface area contributed by atoms with Crippen LogP contribution in [0, 0.1) is 5.92 Å². The van der Waals surface area contributed by atoms with E-state index >= 15 is 0 Å². The molecule has 110 valence electrons. The molecule has 1 aliphatic heterocycles. The van der Waals surface area contributed by atoms with Crippen molar-refractivity contribution in [2.75, 3.05) is 37.2 Å². The highest BCUT2D eigenvalue weighted by molar-refractivity contribution is 5.89. The smallest absolute Gasteiger partial charge is 0.319 e. The highest BCUT2D eigenvalue weighted by Crippen LogP contribution is 2.12. The summed E-state index contributed by atoms with van der Waals surface area (Å²) < 4.78 is 0. The first-order valence-electron chi connectivity index (χ1n) is 7.26. The minimum absolute atomic E-state index is 0.177. The molecule has 1 unspecified atom stereocenters. The molecule has 1 fully saturated rings. The standard InChI is InChI=1S/C15H24N4O/c1-12(11-19-7-2-3-8-19)10-17-15(20)18-14-6-4-5-13(16)9-14/h4-6,9,12H,2-3,7-8,10-11,16H2,1H3,(H2,17,18,20). The fourth-order valence-corrected chi connectivity index (χ4v) is 2.53. The summed E-state index contributed by atoms with van der Waals surface area (Å²) in [5, 5.41) is 5.69. The Labute approximate surface area is 120 Å². The molecule has 4 N–H and O–H groups in total. The van der Waals surface area contributed by atoms with E-state index in [0.29, 0.717) is 18.2 Å². The fraction of sp³-hybridized carbons (Fsp3) is 0.533. The molecule has 0 aliphatic carbocycles. The molecule has 0 radical (unpaired) electrons. The van der Waals surface area contributed by atoms with Gasteiger partial charge in [-0.1, -0.05) is 13.0 Å². The molecule has 0 spiro atoms. The summed E-state index contributed by atoms with van der Waals surface area (Å²) in [6.07, 6.45) is 2.60. The van der Waals surface area contributed by atoms with E-state index in [-0.39, 0.29) is 6.03 Å². The predicted octanol–water partition coefficient (Wildman–Crippen LogP) is 2.12. The van der Waals surface area contributed by atoms with Crippen LogP contribution in [0.15, 0.2) is 24.3 Å². The van der Waals surface area contributed by atoms with Gasteiger partial charge in [0.05, 0.1) is 0 Å². The number of hydrogen-bond donors (Lipinski definition) is 3. The number of urea groups is 1. The van der Waals surface area contributed by atoms with Crippen molar-refractivity contribution < 1.29 is 4.79 Å². The first-order valence-corrected chi connectivity index (χ1v) is 7.26. The quantitative estimate of drug-likeness (QED) is 0.721. The van der Waals surface area contributed by atoms with Gasteiger partial charge in [-0.3, -0.25) is 0 Å². The zero-order valence-corrected chi connectivity index (χ0v) is 12.1. The highest BCUT2D eigenvalue weighted by Gasteiger charge is 2.15. The van der Waals surface area contributed by atoms with Gasteiger partial charge < -0.3 is 21.3 Å². The second kappa shape index (κ2) is 7.14. The van der Waals surface area contributed by atoms with Crippen LogP contribution in [0.25, 0.3) is 0 Å². The number of carbonyl (C=O) groups excluding carboxylic acids is 1. The maximum atomic E-state index is 11.8. The van der Waals surface area contributed by atoms with E-state index in [1.54, 1.807) is 12.1 Å². The lowest BCUT2D eigenvalue weighted by Gasteiger charge is -2.20. The number of carbonyl (C=O) groups is 1. The van der Waals surface area contributed by atoms with Crippen LogP contribution in [-0.4, -0.2) is 37.1 Å². The summed E-state index contributed by atoms with van der Waals surface area (Å²) >= 11 is 0. The van der Waals surface area contributed by atoms with E-state index in [9.17, 15) is 4.79 Å². The van der Waals surface area contributed by atoms with Gasteiger partial charge in [-0.2, -0.15) is 0 Å². The Morgan fingerprint density at radius 2 is 2.15 bits per heavy atom. The average molecular weight is 276 g/mol. The summed E-state index contributed by atoms with van der Waals surface area (Å²) in [6.45, 7) is 6.29. The molecule has 1 aromatic rings. The van der Waals surface area contributed by atoms with Gasteiger partial charge in [0, 0.05) is 24.5 Å². The van der Waals surface area contributed by atoms with E-state index < -0.39 is 0 Å². The maximum absolute atomic E-state index is 11.8. The molecule has 2 amide bonds. The van der Waals surface area contributed by atoms with Crippen molar-refractivity contribution >= 4 is 17.4 Å². The number of anilines is 2. The molecule has 1 heterocycles. The van der Waals surface area contributed by atoms with Crippen LogP contribution >= 0.6 is 0 Å². The zero-order valence-electron chi connectivity index (χ0n) is 12.1. The van der Waals surface area contributed by atoms with Crippen LogP contribution in [-0.2, 0) is 0 Å². The fourth-order valence-electron chi connectivity index (χ4n) is 2.53. The number of nitrogens with one attached hydrogen (secondary N) is 2.